The summed E-state index contributed by atoms with van der Waals surface area (Å²) >= 11 is 0. The lowest BCUT2D eigenvalue weighted by Crippen LogP contribution is -2.02. The van der Waals surface area contributed by atoms with Crippen molar-refractivity contribution in [2.24, 2.45) is 0 Å². The summed E-state index contributed by atoms with van der Waals surface area (Å²) in [5.41, 5.74) is 7.32. The van der Waals surface area contributed by atoms with Crippen LogP contribution in [0.4, 0.5) is 5.82 Å². The average molecular weight is 227 g/mol. The van der Waals surface area contributed by atoms with E-state index in [1.165, 1.54) is 6.20 Å². The molecule has 2 rings (SSSR count). The van der Waals surface area contributed by atoms with E-state index in [1.807, 2.05) is 23.6 Å². The van der Waals surface area contributed by atoms with Gasteiger partial charge in [0.05, 0.1) is 23.8 Å². The van der Waals surface area contributed by atoms with Gasteiger partial charge in [0.25, 0.3) is 0 Å². The first kappa shape index (κ1) is 11.1. The van der Waals surface area contributed by atoms with E-state index < -0.39 is 0 Å². The van der Waals surface area contributed by atoms with Crippen molar-refractivity contribution >= 4 is 18.0 Å². The van der Waals surface area contributed by atoms with E-state index in [1.54, 1.807) is 18.6 Å². The van der Waals surface area contributed by atoms with Crippen LogP contribution in [0, 0.1) is 0 Å². The lowest BCUT2D eigenvalue weighted by molar-refractivity contribution is 0.966. The third kappa shape index (κ3) is 2.08. The van der Waals surface area contributed by atoms with Crippen molar-refractivity contribution in [3.05, 3.63) is 42.8 Å². The molecule has 0 aliphatic rings. The van der Waals surface area contributed by atoms with Gasteiger partial charge in [-0.25, -0.2) is 9.97 Å². The molecule has 0 aliphatic carbocycles. The smallest absolute Gasteiger partial charge is 0.159 e. The number of hydrogen-bond acceptors (Lipinski definition) is 4. The van der Waals surface area contributed by atoms with Gasteiger partial charge in [-0.05, 0) is 19.1 Å². The third-order valence-electron chi connectivity index (χ3n) is 2.24. The number of rotatable bonds is 3. The maximum atomic E-state index is 5.61. The quantitative estimate of drug-likeness (QED) is 0.869. The van der Waals surface area contributed by atoms with E-state index in [4.69, 9.17) is 5.73 Å². The van der Waals surface area contributed by atoms with Crippen LogP contribution in [0.1, 0.15) is 18.3 Å². The minimum atomic E-state index is 0.378. The molecule has 0 amide bonds. The summed E-state index contributed by atoms with van der Waals surface area (Å²) in [6.07, 6.45) is 10.4. The van der Waals surface area contributed by atoms with Gasteiger partial charge < -0.3 is 5.73 Å². The fraction of sp³-hybridized carbons (Fsp3) is 0.0833. The van der Waals surface area contributed by atoms with Crippen LogP contribution in [-0.2, 0) is 0 Å². The van der Waals surface area contributed by atoms with Crippen LogP contribution in [0.25, 0.3) is 18.0 Å². The zero-order valence-electron chi connectivity index (χ0n) is 9.54. The predicted molar refractivity (Wildman–Crippen MR) is 68.4 cm³/mol. The van der Waals surface area contributed by atoms with E-state index in [2.05, 4.69) is 21.5 Å². The number of nitrogens with zero attached hydrogens (tertiary/aromatic N) is 4. The molecule has 0 radical (unpaired) electrons. The molecule has 5 nitrogen and oxygen atoms in total. The van der Waals surface area contributed by atoms with Gasteiger partial charge in [-0.2, -0.15) is 0 Å². The third-order valence-corrected chi connectivity index (χ3v) is 2.24. The number of allylic oxidation sites excluding steroid dienone is 1. The summed E-state index contributed by atoms with van der Waals surface area (Å²) in [7, 11) is 0. The van der Waals surface area contributed by atoms with E-state index in [0.29, 0.717) is 11.6 Å². The second kappa shape index (κ2) is 4.61. The normalized spacial score (nSPS) is 10.9. The van der Waals surface area contributed by atoms with Crippen LogP contribution in [0.2, 0.25) is 0 Å². The summed E-state index contributed by atoms with van der Waals surface area (Å²) in [6, 6.07) is 0. The molecule has 0 saturated heterocycles. The van der Waals surface area contributed by atoms with Crippen molar-refractivity contribution in [1.82, 2.24) is 19.5 Å². The molecular weight excluding hydrogens is 214 g/mol. The first-order valence-corrected chi connectivity index (χ1v) is 5.16. The zero-order valence-corrected chi connectivity index (χ0v) is 9.54. The highest BCUT2D eigenvalue weighted by molar-refractivity contribution is 5.60. The summed E-state index contributed by atoms with van der Waals surface area (Å²) in [4.78, 5) is 12.5. The zero-order chi connectivity index (χ0) is 12.3. The van der Waals surface area contributed by atoms with Gasteiger partial charge in [-0.15, -0.1) is 0 Å². The number of hydrogen-bond donors (Lipinski definition) is 1. The van der Waals surface area contributed by atoms with E-state index in [0.717, 1.165) is 11.4 Å². The molecular formula is C12H13N5. The lowest BCUT2D eigenvalue weighted by Gasteiger charge is -2.04. The predicted octanol–water partition coefficient (Wildman–Crippen LogP) is 1.92. The summed E-state index contributed by atoms with van der Waals surface area (Å²) in [5, 5.41) is 0. The molecule has 0 bridgehead atoms. The Morgan fingerprint density at radius 2 is 2.24 bits per heavy atom. The molecule has 17 heavy (non-hydrogen) atoms. The standard InChI is InChI=1S/C12H13N5/c1-3-5-10-9(4-2)15-8-17(10)12-7-14-6-11(13)16-12/h3-8H,2H2,1H3,(H2,13,16)/b5-3-. The number of aromatic nitrogens is 4. The van der Waals surface area contributed by atoms with Crippen LogP contribution < -0.4 is 5.73 Å². The fourth-order valence-corrected chi connectivity index (χ4v) is 1.52. The summed E-state index contributed by atoms with van der Waals surface area (Å²) in [6.45, 7) is 5.67. The highest BCUT2D eigenvalue weighted by atomic mass is 15.1. The Balaban J connectivity index is 2.59. The molecule has 2 aromatic heterocycles. The molecule has 0 aromatic carbocycles. The molecule has 2 N–H and O–H groups in total. The Labute approximate surface area is 99.4 Å². The first-order chi connectivity index (χ1) is 8.26. The second-order valence-corrected chi connectivity index (χ2v) is 3.39. The average Bonchev–Trinajstić information content (AvgIpc) is 2.72. The molecule has 0 saturated carbocycles. The van der Waals surface area contributed by atoms with Crippen molar-refractivity contribution in [1.29, 1.82) is 0 Å². The Morgan fingerprint density at radius 3 is 2.88 bits per heavy atom. The molecule has 2 heterocycles. The lowest BCUT2D eigenvalue weighted by atomic mass is 10.3. The van der Waals surface area contributed by atoms with Gasteiger partial charge in [-0.1, -0.05) is 12.7 Å². The van der Waals surface area contributed by atoms with Crippen molar-refractivity contribution in [2.45, 2.75) is 6.92 Å². The SMILES string of the molecule is C=Cc1ncn(-c2cncc(N)n2)c1/C=C\C. The van der Waals surface area contributed by atoms with Gasteiger partial charge in [0.1, 0.15) is 12.1 Å². The van der Waals surface area contributed by atoms with E-state index in [-0.39, 0.29) is 0 Å². The largest absolute Gasteiger partial charge is 0.382 e. The topological polar surface area (TPSA) is 69.6 Å². The monoisotopic (exact) mass is 227 g/mol. The molecule has 0 spiro atoms. The van der Waals surface area contributed by atoms with Gasteiger partial charge >= 0.3 is 0 Å². The Bertz CT molecular complexity index is 568. The van der Waals surface area contributed by atoms with Gasteiger partial charge in [-0.3, -0.25) is 9.55 Å². The van der Waals surface area contributed by atoms with Crippen molar-refractivity contribution in [3.8, 4) is 5.82 Å². The summed E-state index contributed by atoms with van der Waals surface area (Å²) in [5.74, 6) is 1.02. The second-order valence-electron chi connectivity index (χ2n) is 3.39. The number of imidazole rings is 1. The minimum absolute atomic E-state index is 0.378. The molecule has 0 aliphatic heterocycles. The Kier molecular flexibility index (Phi) is 3.00. The van der Waals surface area contributed by atoms with Crippen LogP contribution in [0.3, 0.4) is 0 Å². The maximum Gasteiger partial charge on any atom is 0.159 e. The van der Waals surface area contributed by atoms with Crippen LogP contribution in [-0.4, -0.2) is 19.5 Å². The van der Waals surface area contributed by atoms with Gasteiger partial charge in [0, 0.05) is 0 Å². The molecule has 0 fully saturated rings. The highest BCUT2D eigenvalue weighted by Gasteiger charge is 2.08. The molecule has 0 atom stereocenters. The first-order valence-electron chi connectivity index (χ1n) is 5.16. The number of nitrogens with two attached hydrogens (primary N) is 1. The Hall–Kier alpha value is -2.43. The minimum Gasteiger partial charge on any atom is -0.382 e. The van der Waals surface area contributed by atoms with Crippen LogP contribution >= 0.6 is 0 Å². The van der Waals surface area contributed by atoms with E-state index >= 15 is 0 Å². The summed E-state index contributed by atoms with van der Waals surface area (Å²) < 4.78 is 1.82. The number of anilines is 1. The van der Waals surface area contributed by atoms with Gasteiger partial charge in [0.2, 0.25) is 0 Å². The van der Waals surface area contributed by atoms with Crippen molar-refractivity contribution in [3.63, 3.8) is 0 Å². The van der Waals surface area contributed by atoms with Crippen molar-refractivity contribution in [2.75, 3.05) is 5.73 Å². The van der Waals surface area contributed by atoms with Crippen LogP contribution in [0.5, 0.6) is 0 Å². The molecule has 0 unspecified atom stereocenters. The van der Waals surface area contributed by atoms with Crippen LogP contribution in [0.15, 0.2) is 31.4 Å². The molecule has 86 valence electrons. The number of nitrogen functional groups attached to an aromatic ring is 1. The maximum absolute atomic E-state index is 5.61. The molecule has 5 heteroatoms. The Morgan fingerprint density at radius 1 is 1.41 bits per heavy atom. The van der Waals surface area contributed by atoms with Crippen molar-refractivity contribution < 1.29 is 0 Å². The van der Waals surface area contributed by atoms with E-state index in [9.17, 15) is 0 Å². The molecule has 2 aromatic rings. The fourth-order valence-electron chi connectivity index (χ4n) is 1.52. The van der Waals surface area contributed by atoms with Gasteiger partial charge in [0.15, 0.2) is 5.82 Å². The highest BCUT2D eigenvalue weighted by Crippen LogP contribution is 2.16.